The molecule has 1 aliphatic heterocycles. The van der Waals surface area contributed by atoms with Crippen LogP contribution in [0, 0.1) is 5.92 Å². The largest absolute Gasteiger partial charge is 0.444 e. The van der Waals surface area contributed by atoms with E-state index in [1.807, 2.05) is 50.8 Å². The van der Waals surface area contributed by atoms with E-state index in [0.29, 0.717) is 26.2 Å². The van der Waals surface area contributed by atoms with Crippen LogP contribution in [-0.2, 0) is 16.1 Å². The number of pyridine rings is 1. The molecule has 0 aliphatic carbocycles. The van der Waals surface area contributed by atoms with E-state index in [4.69, 9.17) is 4.74 Å². The fraction of sp³-hybridized carbons (Fsp3) is 0.632. The molecular formula is C19H29N3O3. The van der Waals surface area contributed by atoms with Crippen LogP contribution in [0.5, 0.6) is 0 Å². The SMILES string of the molecule is CCN(Cc1ccccn1)C(=O)C1CCCN(C(=O)OC(C)(C)C)C1. The predicted molar refractivity (Wildman–Crippen MR) is 95.9 cm³/mol. The van der Waals surface area contributed by atoms with Crippen LogP contribution >= 0.6 is 0 Å². The first-order valence-corrected chi connectivity index (χ1v) is 8.96. The number of piperidine rings is 1. The van der Waals surface area contributed by atoms with Crippen molar-refractivity contribution in [1.29, 1.82) is 0 Å². The molecule has 1 aromatic heterocycles. The number of hydrogen-bond donors (Lipinski definition) is 0. The lowest BCUT2D eigenvalue weighted by molar-refractivity contribution is -0.137. The zero-order chi connectivity index (χ0) is 18.4. The van der Waals surface area contributed by atoms with Crippen molar-refractivity contribution in [3.05, 3.63) is 30.1 Å². The molecule has 1 atom stereocenters. The van der Waals surface area contributed by atoms with E-state index in [0.717, 1.165) is 18.5 Å². The maximum Gasteiger partial charge on any atom is 0.410 e. The third-order valence-electron chi connectivity index (χ3n) is 4.19. The van der Waals surface area contributed by atoms with Crippen molar-refractivity contribution in [1.82, 2.24) is 14.8 Å². The Morgan fingerprint density at radius 2 is 2.12 bits per heavy atom. The van der Waals surface area contributed by atoms with Gasteiger partial charge in [-0.05, 0) is 52.7 Å². The van der Waals surface area contributed by atoms with Gasteiger partial charge in [-0.3, -0.25) is 9.78 Å². The average molecular weight is 347 g/mol. The van der Waals surface area contributed by atoms with E-state index >= 15 is 0 Å². The number of ether oxygens (including phenoxy) is 1. The fourth-order valence-electron chi connectivity index (χ4n) is 2.96. The number of amides is 2. The second-order valence-electron chi connectivity index (χ2n) is 7.44. The summed E-state index contributed by atoms with van der Waals surface area (Å²) in [5, 5.41) is 0. The molecule has 0 radical (unpaired) electrons. The smallest absolute Gasteiger partial charge is 0.410 e. The minimum atomic E-state index is -0.525. The molecule has 0 spiro atoms. The van der Waals surface area contributed by atoms with Gasteiger partial charge in [0.1, 0.15) is 5.60 Å². The van der Waals surface area contributed by atoms with Gasteiger partial charge in [-0.15, -0.1) is 0 Å². The van der Waals surface area contributed by atoms with Crippen molar-refractivity contribution in [2.45, 2.75) is 52.7 Å². The molecule has 2 heterocycles. The third kappa shape index (κ3) is 5.73. The molecule has 2 rings (SSSR count). The molecule has 1 unspecified atom stereocenters. The normalized spacial score (nSPS) is 17.9. The Bertz CT molecular complexity index is 583. The van der Waals surface area contributed by atoms with Crippen LogP contribution in [0.25, 0.3) is 0 Å². The lowest BCUT2D eigenvalue weighted by Gasteiger charge is -2.35. The van der Waals surface area contributed by atoms with Gasteiger partial charge in [0.05, 0.1) is 18.2 Å². The molecule has 0 N–H and O–H groups in total. The van der Waals surface area contributed by atoms with Gasteiger partial charge in [0.25, 0.3) is 0 Å². The molecule has 6 heteroatoms. The Kier molecular flexibility index (Phi) is 6.39. The summed E-state index contributed by atoms with van der Waals surface area (Å²) in [5.41, 5.74) is 0.347. The number of carbonyl (C=O) groups is 2. The zero-order valence-corrected chi connectivity index (χ0v) is 15.7. The Labute approximate surface area is 150 Å². The second-order valence-corrected chi connectivity index (χ2v) is 7.44. The van der Waals surface area contributed by atoms with Crippen LogP contribution in [0.3, 0.4) is 0 Å². The molecule has 25 heavy (non-hydrogen) atoms. The molecule has 0 bridgehead atoms. The maximum atomic E-state index is 12.9. The van der Waals surface area contributed by atoms with Crippen molar-refractivity contribution in [3.63, 3.8) is 0 Å². The molecule has 0 aromatic carbocycles. The van der Waals surface area contributed by atoms with Gasteiger partial charge in [0.2, 0.25) is 5.91 Å². The van der Waals surface area contributed by atoms with Crippen molar-refractivity contribution in [3.8, 4) is 0 Å². The summed E-state index contributed by atoms with van der Waals surface area (Å²) in [7, 11) is 0. The van der Waals surface area contributed by atoms with Gasteiger partial charge in [0, 0.05) is 25.8 Å². The van der Waals surface area contributed by atoms with E-state index in [9.17, 15) is 9.59 Å². The van der Waals surface area contributed by atoms with Crippen LogP contribution in [0.4, 0.5) is 4.79 Å². The van der Waals surface area contributed by atoms with Gasteiger partial charge in [-0.1, -0.05) is 6.07 Å². The van der Waals surface area contributed by atoms with Crippen LogP contribution < -0.4 is 0 Å². The molecule has 1 aromatic rings. The average Bonchev–Trinajstić information content (AvgIpc) is 2.58. The highest BCUT2D eigenvalue weighted by molar-refractivity contribution is 5.80. The number of rotatable bonds is 4. The summed E-state index contributed by atoms with van der Waals surface area (Å²) < 4.78 is 5.44. The highest BCUT2D eigenvalue weighted by atomic mass is 16.6. The topological polar surface area (TPSA) is 62.7 Å². The lowest BCUT2D eigenvalue weighted by atomic mass is 9.96. The number of aromatic nitrogens is 1. The molecule has 1 fully saturated rings. The third-order valence-corrected chi connectivity index (χ3v) is 4.19. The second kappa shape index (κ2) is 8.32. The van der Waals surface area contributed by atoms with Gasteiger partial charge in [-0.2, -0.15) is 0 Å². The molecule has 1 saturated heterocycles. The van der Waals surface area contributed by atoms with Gasteiger partial charge >= 0.3 is 6.09 Å². The fourth-order valence-corrected chi connectivity index (χ4v) is 2.96. The summed E-state index contributed by atoms with van der Waals surface area (Å²) in [5.74, 6) is -0.0913. The van der Waals surface area contributed by atoms with Gasteiger partial charge < -0.3 is 14.5 Å². The summed E-state index contributed by atoms with van der Waals surface area (Å²) in [6.45, 7) is 9.71. The Morgan fingerprint density at radius 1 is 1.36 bits per heavy atom. The number of hydrogen-bond acceptors (Lipinski definition) is 4. The Morgan fingerprint density at radius 3 is 2.72 bits per heavy atom. The first-order chi connectivity index (χ1) is 11.8. The predicted octanol–water partition coefficient (Wildman–Crippen LogP) is 3.08. The van der Waals surface area contributed by atoms with Gasteiger partial charge in [0.15, 0.2) is 0 Å². The van der Waals surface area contributed by atoms with Crippen molar-refractivity contribution < 1.29 is 14.3 Å². The summed E-state index contributed by atoms with van der Waals surface area (Å²) >= 11 is 0. The number of carbonyl (C=O) groups excluding carboxylic acids is 2. The van der Waals surface area contributed by atoms with Crippen LogP contribution in [0.2, 0.25) is 0 Å². The molecule has 138 valence electrons. The molecular weight excluding hydrogens is 318 g/mol. The minimum absolute atomic E-state index is 0.0846. The first-order valence-electron chi connectivity index (χ1n) is 8.96. The Hall–Kier alpha value is -2.11. The number of likely N-dealkylation sites (tertiary alicyclic amines) is 1. The molecule has 2 amide bonds. The minimum Gasteiger partial charge on any atom is -0.444 e. The van der Waals surface area contributed by atoms with Crippen LogP contribution in [0.15, 0.2) is 24.4 Å². The van der Waals surface area contributed by atoms with Crippen LogP contribution in [-0.4, -0.2) is 52.0 Å². The zero-order valence-electron chi connectivity index (χ0n) is 15.7. The maximum absolute atomic E-state index is 12.9. The van der Waals surface area contributed by atoms with E-state index in [2.05, 4.69) is 4.98 Å². The van der Waals surface area contributed by atoms with Gasteiger partial charge in [-0.25, -0.2) is 4.79 Å². The molecule has 0 saturated carbocycles. The van der Waals surface area contributed by atoms with E-state index in [1.54, 1.807) is 11.1 Å². The molecule has 1 aliphatic rings. The number of nitrogens with zero attached hydrogens (tertiary/aromatic N) is 3. The standard InChI is InChI=1S/C19H29N3O3/c1-5-21(14-16-10-6-7-11-20-16)17(23)15-9-8-12-22(13-15)18(24)25-19(2,3)4/h6-7,10-11,15H,5,8-9,12-14H2,1-4H3. The monoisotopic (exact) mass is 347 g/mol. The molecule has 6 nitrogen and oxygen atoms in total. The van der Waals surface area contributed by atoms with E-state index in [-0.39, 0.29) is 17.9 Å². The highest BCUT2D eigenvalue weighted by Gasteiger charge is 2.32. The lowest BCUT2D eigenvalue weighted by Crippen LogP contribution is -2.47. The quantitative estimate of drug-likeness (QED) is 0.840. The highest BCUT2D eigenvalue weighted by Crippen LogP contribution is 2.22. The summed E-state index contributed by atoms with van der Waals surface area (Å²) in [6, 6.07) is 5.71. The van der Waals surface area contributed by atoms with E-state index in [1.165, 1.54) is 0 Å². The first kappa shape index (κ1) is 19.2. The van der Waals surface area contributed by atoms with Crippen LogP contribution in [0.1, 0.15) is 46.2 Å². The van der Waals surface area contributed by atoms with Crippen molar-refractivity contribution in [2.24, 2.45) is 5.92 Å². The van der Waals surface area contributed by atoms with Crippen molar-refractivity contribution in [2.75, 3.05) is 19.6 Å². The van der Waals surface area contributed by atoms with E-state index < -0.39 is 5.60 Å². The summed E-state index contributed by atoms with van der Waals surface area (Å²) in [6.07, 6.45) is 3.02. The summed E-state index contributed by atoms with van der Waals surface area (Å²) in [4.78, 5) is 33.0. The van der Waals surface area contributed by atoms with Crippen molar-refractivity contribution >= 4 is 12.0 Å². The Balaban J connectivity index is 1.98.